The SMILES string of the molecule is COCCON1CCSCC1. The average Bonchev–Trinajstić information content (AvgIpc) is 2.07. The van der Waals surface area contributed by atoms with Gasteiger partial charge in [0.25, 0.3) is 0 Å². The normalized spacial score (nSPS) is 20.5. The first-order valence-corrected chi connectivity index (χ1v) is 5.03. The predicted molar refractivity (Wildman–Crippen MR) is 46.7 cm³/mol. The Morgan fingerprint density at radius 1 is 1.27 bits per heavy atom. The van der Waals surface area contributed by atoms with Crippen LogP contribution in [0.15, 0.2) is 0 Å². The van der Waals surface area contributed by atoms with Crippen molar-refractivity contribution < 1.29 is 9.57 Å². The summed E-state index contributed by atoms with van der Waals surface area (Å²) < 4.78 is 4.88. The summed E-state index contributed by atoms with van der Waals surface area (Å²) in [6, 6.07) is 0. The Balaban J connectivity index is 1.96. The first-order valence-electron chi connectivity index (χ1n) is 3.88. The molecule has 0 amide bonds. The fourth-order valence-electron chi connectivity index (χ4n) is 0.925. The van der Waals surface area contributed by atoms with Crippen molar-refractivity contribution in [3.8, 4) is 0 Å². The second kappa shape index (κ2) is 5.83. The van der Waals surface area contributed by atoms with Crippen LogP contribution < -0.4 is 0 Å². The van der Waals surface area contributed by atoms with E-state index in [2.05, 4.69) is 0 Å². The maximum atomic E-state index is 5.42. The van der Waals surface area contributed by atoms with Crippen molar-refractivity contribution in [2.45, 2.75) is 0 Å². The van der Waals surface area contributed by atoms with Crippen molar-refractivity contribution in [2.24, 2.45) is 0 Å². The zero-order valence-corrected chi connectivity index (χ0v) is 7.73. The molecule has 0 saturated carbocycles. The van der Waals surface area contributed by atoms with Crippen molar-refractivity contribution in [1.29, 1.82) is 0 Å². The van der Waals surface area contributed by atoms with E-state index in [0.29, 0.717) is 13.2 Å². The molecule has 11 heavy (non-hydrogen) atoms. The smallest absolute Gasteiger partial charge is 0.0918 e. The number of rotatable bonds is 4. The molecule has 0 aromatic rings. The Kier molecular flexibility index (Phi) is 4.94. The van der Waals surface area contributed by atoms with Gasteiger partial charge in [0.1, 0.15) is 0 Å². The van der Waals surface area contributed by atoms with Gasteiger partial charge in [0, 0.05) is 31.7 Å². The molecule has 0 spiro atoms. The molecule has 1 fully saturated rings. The molecule has 0 unspecified atom stereocenters. The fraction of sp³-hybridized carbons (Fsp3) is 1.00. The van der Waals surface area contributed by atoms with Gasteiger partial charge in [-0.15, -0.1) is 0 Å². The molecule has 0 aliphatic carbocycles. The lowest BCUT2D eigenvalue weighted by Crippen LogP contribution is -2.33. The van der Waals surface area contributed by atoms with Gasteiger partial charge in [0.2, 0.25) is 0 Å². The minimum atomic E-state index is 0.682. The van der Waals surface area contributed by atoms with Crippen molar-refractivity contribution >= 4 is 11.8 Å². The number of methoxy groups -OCH3 is 1. The fourth-order valence-corrected chi connectivity index (χ4v) is 1.79. The van der Waals surface area contributed by atoms with Crippen LogP contribution in [0.1, 0.15) is 0 Å². The maximum Gasteiger partial charge on any atom is 0.0918 e. The van der Waals surface area contributed by atoms with Crippen LogP contribution in [0.2, 0.25) is 0 Å². The van der Waals surface area contributed by atoms with Gasteiger partial charge in [-0.05, 0) is 0 Å². The number of nitrogens with zero attached hydrogens (tertiary/aromatic N) is 1. The highest BCUT2D eigenvalue weighted by Gasteiger charge is 2.09. The molecule has 0 aromatic carbocycles. The zero-order valence-electron chi connectivity index (χ0n) is 6.91. The summed E-state index contributed by atoms with van der Waals surface area (Å²) in [4.78, 5) is 5.42. The monoisotopic (exact) mass is 177 g/mol. The summed E-state index contributed by atoms with van der Waals surface area (Å²) in [5.41, 5.74) is 0. The molecule has 0 radical (unpaired) electrons. The second-order valence-corrected chi connectivity index (χ2v) is 3.59. The van der Waals surface area contributed by atoms with Crippen LogP contribution in [-0.4, -0.2) is 50.0 Å². The van der Waals surface area contributed by atoms with Gasteiger partial charge < -0.3 is 4.74 Å². The Bertz CT molecular complexity index is 96.4. The zero-order chi connectivity index (χ0) is 7.94. The third-order valence-electron chi connectivity index (χ3n) is 1.53. The molecule has 1 rings (SSSR count). The van der Waals surface area contributed by atoms with Crippen molar-refractivity contribution in [3.05, 3.63) is 0 Å². The Morgan fingerprint density at radius 3 is 2.64 bits per heavy atom. The lowest BCUT2D eigenvalue weighted by atomic mass is 10.6. The second-order valence-electron chi connectivity index (χ2n) is 2.37. The van der Waals surface area contributed by atoms with Crippen molar-refractivity contribution in [3.63, 3.8) is 0 Å². The molecule has 4 heteroatoms. The van der Waals surface area contributed by atoms with Crippen LogP contribution >= 0.6 is 11.8 Å². The van der Waals surface area contributed by atoms with Crippen LogP contribution in [-0.2, 0) is 9.57 Å². The van der Waals surface area contributed by atoms with Crippen LogP contribution in [0.3, 0.4) is 0 Å². The van der Waals surface area contributed by atoms with Gasteiger partial charge in [-0.3, -0.25) is 4.84 Å². The topological polar surface area (TPSA) is 21.7 Å². The van der Waals surface area contributed by atoms with E-state index in [4.69, 9.17) is 9.57 Å². The van der Waals surface area contributed by atoms with Gasteiger partial charge in [0.05, 0.1) is 13.2 Å². The van der Waals surface area contributed by atoms with E-state index < -0.39 is 0 Å². The summed E-state index contributed by atoms with van der Waals surface area (Å²) in [5.74, 6) is 2.37. The summed E-state index contributed by atoms with van der Waals surface area (Å²) in [5, 5.41) is 2.02. The van der Waals surface area contributed by atoms with Crippen LogP contribution in [0, 0.1) is 0 Å². The van der Waals surface area contributed by atoms with E-state index in [1.807, 2.05) is 16.8 Å². The van der Waals surface area contributed by atoms with Gasteiger partial charge >= 0.3 is 0 Å². The number of thioether (sulfide) groups is 1. The molecule has 3 nitrogen and oxygen atoms in total. The van der Waals surface area contributed by atoms with E-state index in [0.717, 1.165) is 13.1 Å². The van der Waals surface area contributed by atoms with E-state index in [9.17, 15) is 0 Å². The Hall–Kier alpha value is 0.230. The summed E-state index contributed by atoms with van der Waals surface area (Å²) in [6.07, 6.45) is 0. The third-order valence-corrected chi connectivity index (χ3v) is 2.47. The lowest BCUT2D eigenvalue weighted by Gasteiger charge is -2.24. The largest absolute Gasteiger partial charge is 0.382 e. The molecular weight excluding hydrogens is 162 g/mol. The minimum absolute atomic E-state index is 0.682. The molecule has 0 bridgehead atoms. The highest BCUT2D eigenvalue weighted by Crippen LogP contribution is 2.08. The molecule has 0 aromatic heterocycles. The highest BCUT2D eigenvalue weighted by molar-refractivity contribution is 7.99. The summed E-state index contributed by atoms with van der Waals surface area (Å²) in [6.45, 7) is 3.47. The van der Waals surface area contributed by atoms with Crippen molar-refractivity contribution in [2.75, 3.05) is 44.9 Å². The maximum absolute atomic E-state index is 5.42. The number of hydroxylamine groups is 2. The van der Waals surface area contributed by atoms with Gasteiger partial charge in [0.15, 0.2) is 0 Å². The molecule has 66 valence electrons. The summed E-state index contributed by atoms with van der Waals surface area (Å²) >= 11 is 1.98. The standard InChI is InChI=1S/C7H15NO2S/c1-9-4-5-10-8-2-6-11-7-3-8/h2-7H2,1H3. The van der Waals surface area contributed by atoms with Gasteiger partial charge in [-0.1, -0.05) is 0 Å². The van der Waals surface area contributed by atoms with Crippen LogP contribution in [0.25, 0.3) is 0 Å². The number of ether oxygens (including phenoxy) is 1. The molecular formula is C7H15NO2S. The number of hydrogen-bond donors (Lipinski definition) is 0. The average molecular weight is 177 g/mol. The number of hydrogen-bond acceptors (Lipinski definition) is 4. The Labute approximate surface area is 72.0 Å². The van der Waals surface area contributed by atoms with Crippen molar-refractivity contribution in [1.82, 2.24) is 5.06 Å². The minimum Gasteiger partial charge on any atom is -0.382 e. The molecule has 1 saturated heterocycles. The van der Waals surface area contributed by atoms with E-state index in [1.165, 1.54) is 11.5 Å². The molecule has 1 heterocycles. The van der Waals surface area contributed by atoms with E-state index in [1.54, 1.807) is 7.11 Å². The first-order chi connectivity index (χ1) is 5.43. The highest BCUT2D eigenvalue weighted by atomic mass is 32.2. The van der Waals surface area contributed by atoms with Gasteiger partial charge in [-0.25, -0.2) is 0 Å². The third kappa shape index (κ3) is 3.96. The van der Waals surface area contributed by atoms with Crippen LogP contribution in [0.5, 0.6) is 0 Å². The molecule has 0 N–H and O–H groups in total. The van der Waals surface area contributed by atoms with Gasteiger partial charge in [-0.2, -0.15) is 16.8 Å². The Morgan fingerprint density at radius 2 is 2.00 bits per heavy atom. The summed E-state index contributed by atoms with van der Waals surface area (Å²) in [7, 11) is 1.69. The van der Waals surface area contributed by atoms with Crippen LogP contribution in [0.4, 0.5) is 0 Å². The van der Waals surface area contributed by atoms with E-state index in [-0.39, 0.29) is 0 Å². The quantitative estimate of drug-likeness (QED) is 0.587. The predicted octanol–water partition coefficient (Wildman–Crippen LogP) is 0.613. The lowest BCUT2D eigenvalue weighted by molar-refractivity contribution is -0.161. The molecule has 1 aliphatic rings. The molecule has 0 atom stereocenters. The first kappa shape index (κ1) is 9.32. The van der Waals surface area contributed by atoms with E-state index >= 15 is 0 Å². The molecule has 1 aliphatic heterocycles.